The molecular formula is C11H13BrN4. The molecule has 2 aromatic rings. The Morgan fingerprint density at radius 3 is 3.00 bits per heavy atom. The normalized spacial score (nSPS) is 12.4. The van der Waals surface area contributed by atoms with Gasteiger partial charge in [-0.3, -0.25) is 5.10 Å². The van der Waals surface area contributed by atoms with E-state index in [4.69, 9.17) is 5.73 Å². The lowest BCUT2D eigenvalue weighted by molar-refractivity contribution is 0.886. The smallest absolute Gasteiger partial charge is 0.0589 e. The minimum absolute atomic E-state index is 0.162. The van der Waals surface area contributed by atoms with E-state index in [0.29, 0.717) is 0 Å². The Bertz CT molecular complexity index is 467. The fourth-order valence-electron chi connectivity index (χ4n) is 1.47. The van der Waals surface area contributed by atoms with Gasteiger partial charge in [-0.05, 0) is 25.1 Å². The van der Waals surface area contributed by atoms with Gasteiger partial charge in [-0.15, -0.1) is 0 Å². The summed E-state index contributed by atoms with van der Waals surface area (Å²) >= 11 is 3.42. The number of anilines is 2. The van der Waals surface area contributed by atoms with Crippen molar-refractivity contribution in [3.05, 3.63) is 40.6 Å². The van der Waals surface area contributed by atoms with Crippen LogP contribution in [-0.4, -0.2) is 10.2 Å². The predicted octanol–water partition coefficient (Wildman–Crippen LogP) is 2.93. The largest absolute Gasteiger partial charge is 0.397 e. The molecule has 16 heavy (non-hydrogen) atoms. The fraction of sp³-hybridized carbons (Fsp3) is 0.182. The number of aromatic nitrogens is 2. The van der Waals surface area contributed by atoms with Gasteiger partial charge < -0.3 is 11.1 Å². The van der Waals surface area contributed by atoms with Gasteiger partial charge in [0.25, 0.3) is 0 Å². The Balaban J connectivity index is 2.17. The van der Waals surface area contributed by atoms with E-state index in [0.717, 1.165) is 21.4 Å². The summed E-state index contributed by atoms with van der Waals surface area (Å²) in [5, 5.41) is 10.0. The molecule has 1 atom stereocenters. The average molecular weight is 281 g/mol. The van der Waals surface area contributed by atoms with Gasteiger partial charge in [-0.25, -0.2) is 0 Å². The number of aromatic amines is 1. The predicted molar refractivity (Wildman–Crippen MR) is 69.2 cm³/mol. The summed E-state index contributed by atoms with van der Waals surface area (Å²) in [7, 11) is 0. The van der Waals surface area contributed by atoms with Crippen LogP contribution in [0.1, 0.15) is 18.5 Å². The van der Waals surface area contributed by atoms with Crippen molar-refractivity contribution < 1.29 is 0 Å². The van der Waals surface area contributed by atoms with Crippen molar-refractivity contribution in [3.8, 4) is 0 Å². The summed E-state index contributed by atoms with van der Waals surface area (Å²) in [6.45, 7) is 2.06. The highest BCUT2D eigenvalue weighted by atomic mass is 79.9. The minimum Gasteiger partial charge on any atom is -0.397 e. The first-order valence-corrected chi connectivity index (χ1v) is 5.76. The average Bonchev–Trinajstić information content (AvgIpc) is 2.76. The van der Waals surface area contributed by atoms with E-state index in [9.17, 15) is 0 Å². The van der Waals surface area contributed by atoms with Gasteiger partial charge in [0.05, 0.1) is 23.6 Å². The summed E-state index contributed by atoms with van der Waals surface area (Å²) < 4.78 is 1.00. The molecular weight excluding hydrogens is 268 g/mol. The van der Waals surface area contributed by atoms with Crippen LogP contribution in [0, 0.1) is 0 Å². The lowest BCUT2D eigenvalue weighted by Crippen LogP contribution is -2.07. The van der Waals surface area contributed by atoms with Crippen molar-refractivity contribution in [2.24, 2.45) is 0 Å². The van der Waals surface area contributed by atoms with Gasteiger partial charge in [0, 0.05) is 16.2 Å². The highest BCUT2D eigenvalue weighted by Gasteiger charge is 2.08. The van der Waals surface area contributed by atoms with E-state index in [-0.39, 0.29) is 6.04 Å². The van der Waals surface area contributed by atoms with Crippen LogP contribution >= 0.6 is 15.9 Å². The standard InChI is InChI=1S/C11H13BrN4/c1-7(8-5-14-15-6-8)16-11-4-9(12)2-3-10(11)13/h2-7,16H,13H2,1H3,(H,14,15). The minimum atomic E-state index is 0.162. The first kappa shape index (κ1) is 11.0. The summed E-state index contributed by atoms with van der Waals surface area (Å²) in [6, 6.07) is 5.92. The number of hydrogen-bond acceptors (Lipinski definition) is 3. The molecule has 1 aromatic carbocycles. The van der Waals surface area contributed by atoms with E-state index in [2.05, 4.69) is 38.4 Å². The zero-order valence-electron chi connectivity index (χ0n) is 8.87. The first-order valence-electron chi connectivity index (χ1n) is 4.97. The van der Waals surface area contributed by atoms with Crippen LogP contribution in [0.25, 0.3) is 0 Å². The van der Waals surface area contributed by atoms with Crippen LogP contribution in [0.4, 0.5) is 11.4 Å². The van der Waals surface area contributed by atoms with Gasteiger partial charge in [-0.2, -0.15) is 5.10 Å². The third kappa shape index (κ3) is 2.36. The second kappa shape index (κ2) is 4.57. The van der Waals surface area contributed by atoms with Crippen molar-refractivity contribution in [3.63, 3.8) is 0 Å². The van der Waals surface area contributed by atoms with Crippen LogP contribution in [0.3, 0.4) is 0 Å². The van der Waals surface area contributed by atoms with Gasteiger partial charge in [-0.1, -0.05) is 15.9 Å². The molecule has 0 aliphatic rings. The van der Waals surface area contributed by atoms with Crippen molar-refractivity contribution in [1.82, 2.24) is 10.2 Å². The van der Waals surface area contributed by atoms with Gasteiger partial charge in [0.1, 0.15) is 0 Å². The highest BCUT2D eigenvalue weighted by molar-refractivity contribution is 9.10. The second-order valence-electron chi connectivity index (χ2n) is 3.63. The quantitative estimate of drug-likeness (QED) is 0.758. The molecule has 0 spiro atoms. The highest BCUT2D eigenvalue weighted by Crippen LogP contribution is 2.26. The maximum atomic E-state index is 5.88. The molecule has 4 nitrogen and oxygen atoms in total. The molecule has 0 aliphatic carbocycles. The van der Waals surface area contributed by atoms with Crippen molar-refractivity contribution in [2.45, 2.75) is 13.0 Å². The van der Waals surface area contributed by atoms with Gasteiger partial charge in [0.2, 0.25) is 0 Å². The molecule has 84 valence electrons. The molecule has 0 saturated carbocycles. The van der Waals surface area contributed by atoms with Crippen molar-refractivity contribution in [2.75, 3.05) is 11.1 Å². The SMILES string of the molecule is CC(Nc1cc(Br)ccc1N)c1cn[nH]c1. The number of nitrogens with two attached hydrogens (primary N) is 1. The fourth-order valence-corrected chi connectivity index (χ4v) is 1.83. The molecule has 5 heteroatoms. The molecule has 0 fully saturated rings. The zero-order valence-corrected chi connectivity index (χ0v) is 10.5. The Morgan fingerprint density at radius 2 is 2.31 bits per heavy atom. The summed E-state index contributed by atoms with van der Waals surface area (Å²) in [5.74, 6) is 0. The van der Waals surface area contributed by atoms with Gasteiger partial charge >= 0.3 is 0 Å². The van der Waals surface area contributed by atoms with Crippen LogP contribution in [-0.2, 0) is 0 Å². The number of hydrogen-bond donors (Lipinski definition) is 3. The number of H-pyrrole nitrogens is 1. The van der Waals surface area contributed by atoms with Crippen LogP contribution < -0.4 is 11.1 Å². The molecule has 0 aliphatic heterocycles. The summed E-state index contributed by atoms with van der Waals surface area (Å²) in [4.78, 5) is 0. The van der Waals surface area contributed by atoms with E-state index < -0.39 is 0 Å². The first-order chi connectivity index (χ1) is 7.66. The molecule has 0 radical (unpaired) electrons. The van der Waals surface area contributed by atoms with Gasteiger partial charge in [0.15, 0.2) is 0 Å². The topological polar surface area (TPSA) is 66.7 Å². The Hall–Kier alpha value is -1.49. The van der Waals surface area contributed by atoms with Crippen molar-refractivity contribution >= 4 is 27.3 Å². The molecule has 4 N–H and O–H groups in total. The lowest BCUT2D eigenvalue weighted by Gasteiger charge is -2.15. The molecule has 1 aromatic heterocycles. The number of nitrogens with zero attached hydrogens (tertiary/aromatic N) is 1. The number of nitrogens with one attached hydrogen (secondary N) is 2. The Morgan fingerprint density at radius 1 is 1.50 bits per heavy atom. The maximum absolute atomic E-state index is 5.88. The number of rotatable bonds is 3. The number of halogens is 1. The number of benzene rings is 1. The third-order valence-corrected chi connectivity index (χ3v) is 2.90. The summed E-state index contributed by atoms with van der Waals surface area (Å²) in [6.07, 6.45) is 3.66. The molecule has 2 rings (SSSR count). The zero-order chi connectivity index (χ0) is 11.5. The molecule has 1 heterocycles. The van der Waals surface area contributed by atoms with Crippen LogP contribution in [0.5, 0.6) is 0 Å². The van der Waals surface area contributed by atoms with Crippen molar-refractivity contribution in [1.29, 1.82) is 0 Å². The Kier molecular flexibility index (Phi) is 3.14. The van der Waals surface area contributed by atoms with E-state index in [1.54, 1.807) is 6.20 Å². The molecule has 0 amide bonds. The second-order valence-corrected chi connectivity index (χ2v) is 4.54. The molecule has 1 unspecified atom stereocenters. The maximum Gasteiger partial charge on any atom is 0.0589 e. The molecule has 0 bridgehead atoms. The van der Waals surface area contributed by atoms with E-state index in [1.165, 1.54) is 0 Å². The summed E-state index contributed by atoms with van der Waals surface area (Å²) in [5.41, 5.74) is 8.64. The van der Waals surface area contributed by atoms with E-state index >= 15 is 0 Å². The third-order valence-electron chi connectivity index (χ3n) is 2.41. The van der Waals surface area contributed by atoms with Crippen LogP contribution in [0.2, 0.25) is 0 Å². The van der Waals surface area contributed by atoms with E-state index in [1.807, 2.05) is 24.4 Å². The lowest BCUT2D eigenvalue weighted by atomic mass is 10.1. The van der Waals surface area contributed by atoms with Crippen LogP contribution in [0.15, 0.2) is 35.1 Å². The number of nitrogen functional groups attached to an aromatic ring is 1. The monoisotopic (exact) mass is 280 g/mol. The Labute approximate surface area is 102 Å². The molecule has 0 saturated heterocycles.